The summed E-state index contributed by atoms with van der Waals surface area (Å²) in [5.41, 5.74) is 0. The lowest BCUT2D eigenvalue weighted by molar-refractivity contribution is 0.262. The Bertz CT molecular complexity index is 76.4. The van der Waals surface area contributed by atoms with Crippen LogP contribution in [0.2, 0.25) is 0 Å². The highest BCUT2D eigenvalue weighted by molar-refractivity contribution is 8.11. The summed E-state index contributed by atoms with van der Waals surface area (Å²) in [7, 11) is 1.60. The fourth-order valence-electron chi connectivity index (χ4n) is 0.189. The van der Waals surface area contributed by atoms with E-state index < -0.39 is 0 Å². The quantitative estimate of drug-likeness (QED) is 0.543. The fourth-order valence-corrected chi connectivity index (χ4v) is 0.566. The lowest BCUT2D eigenvalue weighted by Crippen LogP contribution is -2.16. The van der Waals surface area contributed by atoms with E-state index in [2.05, 4.69) is 10.0 Å². The molecule has 1 amide bonds. The molecule has 3 nitrogen and oxygen atoms in total. The van der Waals surface area contributed by atoms with Crippen molar-refractivity contribution >= 4 is 17.2 Å². The molecule has 0 unspecified atom stereocenters. The second kappa shape index (κ2) is 4.93. The van der Waals surface area contributed by atoms with Crippen molar-refractivity contribution in [3.05, 3.63) is 0 Å². The van der Waals surface area contributed by atoms with E-state index in [1.807, 2.05) is 6.92 Å². The minimum Gasteiger partial charge on any atom is -0.349 e. The van der Waals surface area contributed by atoms with Gasteiger partial charge in [-0.3, -0.25) is 9.52 Å². The van der Waals surface area contributed by atoms with Gasteiger partial charge in [0.1, 0.15) is 0 Å². The lowest BCUT2D eigenvalue weighted by atomic mass is 10.8. The number of carbonyl (C=O) groups excluding carboxylic acids is 1. The van der Waals surface area contributed by atoms with Gasteiger partial charge in [0.05, 0.1) is 0 Å². The van der Waals surface area contributed by atoms with Gasteiger partial charge >= 0.3 is 0 Å². The molecule has 0 aromatic heterocycles. The van der Waals surface area contributed by atoms with Crippen LogP contribution in [0, 0.1) is 0 Å². The molecule has 0 bridgehead atoms. The minimum atomic E-state index is -0.0492. The maximum atomic E-state index is 10.4. The van der Waals surface area contributed by atoms with Gasteiger partial charge in [-0.1, -0.05) is 6.92 Å². The first-order valence-corrected chi connectivity index (χ1v) is 3.24. The van der Waals surface area contributed by atoms with Crippen LogP contribution in [0.25, 0.3) is 0 Å². The zero-order valence-corrected chi connectivity index (χ0v) is 5.84. The molecular formula is C4H10N2OS. The van der Waals surface area contributed by atoms with Crippen LogP contribution < -0.4 is 10.0 Å². The maximum Gasteiger partial charge on any atom is 0.293 e. The Hall–Kier alpha value is -0.220. The average molecular weight is 134 g/mol. The summed E-state index contributed by atoms with van der Waals surface area (Å²) < 4.78 is 2.80. The second-order valence-corrected chi connectivity index (χ2v) is 2.00. The topological polar surface area (TPSA) is 41.1 Å². The number of carbonyl (C=O) groups is 1. The third-order valence-corrected chi connectivity index (χ3v) is 1.34. The Morgan fingerprint density at radius 1 is 1.75 bits per heavy atom. The van der Waals surface area contributed by atoms with Gasteiger partial charge in [-0.25, -0.2) is 0 Å². The van der Waals surface area contributed by atoms with Gasteiger partial charge in [-0.05, 0) is 0 Å². The molecule has 0 spiro atoms. The molecule has 4 heteroatoms. The molecular weight excluding hydrogens is 124 g/mol. The molecule has 0 saturated carbocycles. The van der Waals surface area contributed by atoms with E-state index in [1.54, 1.807) is 7.05 Å². The van der Waals surface area contributed by atoms with Crippen molar-refractivity contribution < 1.29 is 4.79 Å². The zero-order chi connectivity index (χ0) is 6.41. The number of rotatable bonds is 2. The van der Waals surface area contributed by atoms with Crippen LogP contribution in [0.15, 0.2) is 0 Å². The van der Waals surface area contributed by atoms with E-state index in [9.17, 15) is 4.79 Å². The largest absolute Gasteiger partial charge is 0.349 e. The standard InChI is InChI=1S/C4H10N2OS/c1-3-6-8-4(7)5-2/h6H,3H2,1-2H3,(H,5,7). The summed E-state index contributed by atoms with van der Waals surface area (Å²) in [6.45, 7) is 2.74. The molecule has 0 fully saturated rings. The Labute approximate surface area is 53.4 Å². The highest BCUT2D eigenvalue weighted by Crippen LogP contribution is 1.90. The van der Waals surface area contributed by atoms with E-state index in [0.717, 1.165) is 18.5 Å². The highest BCUT2D eigenvalue weighted by Gasteiger charge is 1.92. The Morgan fingerprint density at radius 2 is 2.38 bits per heavy atom. The molecule has 0 heterocycles. The summed E-state index contributed by atoms with van der Waals surface area (Å²) in [4.78, 5) is 10.4. The molecule has 8 heavy (non-hydrogen) atoms. The van der Waals surface area contributed by atoms with Crippen molar-refractivity contribution in [3.8, 4) is 0 Å². The number of amides is 1. The van der Waals surface area contributed by atoms with Gasteiger partial charge in [0, 0.05) is 25.5 Å². The Balaban J connectivity index is 2.99. The third-order valence-electron chi connectivity index (χ3n) is 0.513. The normalized spacial score (nSPS) is 8.75. The summed E-state index contributed by atoms with van der Waals surface area (Å²) in [5, 5.41) is 2.41. The van der Waals surface area contributed by atoms with Gasteiger partial charge in [0.15, 0.2) is 0 Å². The van der Waals surface area contributed by atoms with E-state index in [1.165, 1.54) is 0 Å². The lowest BCUT2D eigenvalue weighted by Gasteiger charge is -1.95. The van der Waals surface area contributed by atoms with Gasteiger partial charge in [0.2, 0.25) is 0 Å². The molecule has 0 aliphatic heterocycles. The van der Waals surface area contributed by atoms with Gasteiger partial charge < -0.3 is 5.32 Å². The molecule has 0 rings (SSSR count). The summed E-state index contributed by atoms with van der Waals surface area (Å²) >= 11 is 1.08. The number of hydrogen-bond acceptors (Lipinski definition) is 3. The van der Waals surface area contributed by atoms with Crippen molar-refractivity contribution in [2.45, 2.75) is 6.92 Å². The monoisotopic (exact) mass is 134 g/mol. The average Bonchev–Trinajstić information content (AvgIpc) is 1.83. The first-order valence-electron chi connectivity index (χ1n) is 2.42. The van der Waals surface area contributed by atoms with Crippen LogP contribution >= 0.6 is 11.9 Å². The van der Waals surface area contributed by atoms with Crippen LogP contribution in [-0.2, 0) is 0 Å². The van der Waals surface area contributed by atoms with Gasteiger partial charge in [0.25, 0.3) is 5.24 Å². The Morgan fingerprint density at radius 3 is 2.75 bits per heavy atom. The number of nitrogens with one attached hydrogen (secondary N) is 2. The maximum absolute atomic E-state index is 10.4. The van der Waals surface area contributed by atoms with Crippen molar-refractivity contribution in [1.82, 2.24) is 10.0 Å². The minimum absolute atomic E-state index is 0.0492. The van der Waals surface area contributed by atoms with E-state index >= 15 is 0 Å². The summed E-state index contributed by atoms with van der Waals surface area (Å²) in [6.07, 6.45) is 0. The zero-order valence-electron chi connectivity index (χ0n) is 5.02. The van der Waals surface area contributed by atoms with Crippen LogP contribution in [-0.4, -0.2) is 18.8 Å². The van der Waals surface area contributed by atoms with Crippen LogP contribution in [0.5, 0.6) is 0 Å². The first-order chi connectivity index (χ1) is 3.81. The Kier molecular flexibility index (Phi) is 4.79. The molecule has 0 aromatic carbocycles. The van der Waals surface area contributed by atoms with E-state index in [0.29, 0.717) is 0 Å². The molecule has 0 saturated heterocycles. The highest BCUT2D eigenvalue weighted by atomic mass is 32.2. The molecule has 0 aromatic rings. The number of hydrogen-bond donors (Lipinski definition) is 2. The van der Waals surface area contributed by atoms with Crippen molar-refractivity contribution in [3.63, 3.8) is 0 Å². The predicted octanol–water partition coefficient (Wildman–Crippen LogP) is 0.584. The van der Waals surface area contributed by atoms with Crippen molar-refractivity contribution in [1.29, 1.82) is 0 Å². The van der Waals surface area contributed by atoms with Crippen LogP contribution in [0.4, 0.5) is 4.79 Å². The smallest absolute Gasteiger partial charge is 0.293 e. The van der Waals surface area contributed by atoms with Crippen LogP contribution in [0.3, 0.4) is 0 Å². The van der Waals surface area contributed by atoms with Crippen LogP contribution in [0.1, 0.15) is 6.92 Å². The molecule has 0 aliphatic rings. The van der Waals surface area contributed by atoms with E-state index in [-0.39, 0.29) is 5.24 Å². The van der Waals surface area contributed by atoms with Gasteiger partial charge in [-0.2, -0.15) is 0 Å². The molecule has 0 radical (unpaired) electrons. The summed E-state index contributed by atoms with van der Waals surface area (Å²) in [5.74, 6) is 0. The predicted molar refractivity (Wildman–Crippen MR) is 35.7 cm³/mol. The second-order valence-electron chi connectivity index (χ2n) is 1.14. The first kappa shape index (κ1) is 7.78. The molecule has 0 aliphatic carbocycles. The fraction of sp³-hybridized carbons (Fsp3) is 0.750. The van der Waals surface area contributed by atoms with Gasteiger partial charge in [-0.15, -0.1) is 0 Å². The molecule has 0 atom stereocenters. The van der Waals surface area contributed by atoms with Crippen molar-refractivity contribution in [2.75, 3.05) is 13.6 Å². The van der Waals surface area contributed by atoms with E-state index in [4.69, 9.17) is 0 Å². The summed E-state index contributed by atoms with van der Waals surface area (Å²) in [6, 6.07) is 0. The molecule has 2 N–H and O–H groups in total. The van der Waals surface area contributed by atoms with Crippen molar-refractivity contribution in [2.24, 2.45) is 0 Å². The molecule has 48 valence electrons. The SMILES string of the molecule is CCNSC(=O)NC. The third kappa shape index (κ3) is 3.95.